The number of hydrogen-bond acceptors (Lipinski definition) is 5. The third-order valence-electron chi connectivity index (χ3n) is 4.35. The number of anilines is 2. The third-order valence-corrected chi connectivity index (χ3v) is 5.59. The minimum atomic E-state index is -0.307. The van der Waals surface area contributed by atoms with E-state index >= 15 is 0 Å². The Bertz CT molecular complexity index is 816. The summed E-state index contributed by atoms with van der Waals surface area (Å²) in [5, 5.41) is 3.95. The van der Waals surface area contributed by atoms with Crippen molar-refractivity contribution >= 4 is 45.6 Å². The molecule has 1 aromatic carbocycles. The van der Waals surface area contributed by atoms with Gasteiger partial charge in [0.15, 0.2) is 5.13 Å². The molecule has 1 N–H and O–H groups in total. The van der Waals surface area contributed by atoms with E-state index in [9.17, 15) is 9.59 Å². The summed E-state index contributed by atoms with van der Waals surface area (Å²) in [6, 6.07) is 6.87. The number of amides is 2. The van der Waals surface area contributed by atoms with Crippen LogP contribution in [0.5, 0.6) is 0 Å². The molecule has 2 aromatic rings. The van der Waals surface area contributed by atoms with Crippen LogP contribution in [0.1, 0.15) is 41.6 Å². The molecule has 1 saturated heterocycles. The van der Waals surface area contributed by atoms with Gasteiger partial charge < -0.3 is 10.1 Å². The van der Waals surface area contributed by atoms with E-state index in [1.165, 1.54) is 11.3 Å². The van der Waals surface area contributed by atoms with E-state index in [0.29, 0.717) is 34.5 Å². The van der Waals surface area contributed by atoms with Gasteiger partial charge in [-0.1, -0.05) is 18.5 Å². The predicted molar refractivity (Wildman–Crippen MR) is 108 cm³/mol. The van der Waals surface area contributed by atoms with E-state index in [2.05, 4.69) is 10.3 Å². The van der Waals surface area contributed by atoms with E-state index in [0.717, 1.165) is 24.3 Å². The van der Waals surface area contributed by atoms with Crippen LogP contribution in [0.15, 0.2) is 24.3 Å². The van der Waals surface area contributed by atoms with Crippen molar-refractivity contribution in [1.82, 2.24) is 4.98 Å². The van der Waals surface area contributed by atoms with E-state index in [1.54, 1.807) is 29.2 Å². The maximum Gasteiger partial charge on any atom is 0.275 e. The Kier molecular flexibility index (Phi) is 6.46. The molecule has 0 bridgehead atoms. The van der Waals surface area contributed by atoms with Gasteiger partial charge in [-0.25, -0.2) is 4.98 Å². The Morgan fingerprint density at radius 1 is 1.37 bits per heavy atom. The second-order valence-corrected chi connectivity index (χ2v) is 7.97. The standard InChI is InChI=1S/C19H22ClN3O3S/c1-3-16(24)23(11-15-5-4-10-26-15)19-22-17(12(2)27-19)18(25)21-14-8-6-13(20)7-9-14/h6-9,15H,3-5,10-11H2,1-2H3,(H,21,25). The van der Waals surface area contributed by atoms with E-state index in [-0.39, 0.29) is 17.9 Å². The Balaban J connectivity index is 1.78. The molecule has 0 spiro atoms. The maximum absolute atomic E-state index is 12.6. The summed E-state index contributed by atoms with van der Waals surface area (Å²) in [6.45, 7) is 4.85. The average Bonchev–Trinajstić information content (AvgIpc) is 3.30. The molecule has 0 radical (unpaired) electrons. The highest BCUT2D eigenvalue weighted by Crippen LogP contribution is 2.28. The summed E-state index contributed by atoms with van der Waals surface area (Å²) in [6.07, 6.45) is 2.33. The van der Waals surface area contributed by atoms with Crippen LogP contribution in [0.4, 0.5) is 10.8 Å². The van der Waals surface area contributed by atoms with E-state index in [4.69, 9.17) is 16.3 Å². The quantitative estimate of drug-likeness (QED) is 0.775. The van der Waals surface area contributed by atoms with Crippen molar-refractivity contribution in [3.05, 3.63) is 39.9 Å². The summed E-state index contributed by atoms with van der Waals surface area (Å²) in [5.74, 6) is -0.331. The molecule has 0 aliphatic carbocycles. The second kappa shape index (κ2) is 8.82. The molecule has 0 saturated carbocycles. The molecule has 1 aliphatic heterocycles. The largest absolute Gasteiger partial charge is 0.376 e. The van der Waals surface area contributed by atoms with Gasteiger partial charge in [0.05, 0.1) is 12.6 Å². The number of nitrogens with zero attached hydrogens (tertiary/aromatic N) is 2. The van der Waals surface area contributed by atoms with Crippen LogP contribution in [-0.2, 0) is 9.53 Å². The zero-order chi connectivity index (χ0) is 19.4. The fourth-order valence-electron chi connectivity index (χ4n) is 2.90. The Morgan fingerprint density at radius 3 is 2.74 bits per heavy atom. The van der Waals surface area contributed by atoms with Crippen LogP contribution >= 0.6 is 22.9 Å². The van der Waals surface area contributed by atoms with Gasteiger partial charge in [-0.05, 0) is 44.0 Å². The number of thiazole rings is 1. The SMILES string of the molecule is CCC(=O)N(CC1CCCO1)c1nc(C(=O)Nc2ccc(Cl)cc2)c(C)s1. The summed E-state index contributed by atoms with van der Waals surface area (Å²) >= 11 is 7.22. The topological polar surface area (TPSA) is 71.5 Å². The van der Waals surface area contributed by atoms with Gasteiger partial charge in [0.25, 0.3) is 5.91 Å². The van der Waals surface area contributed by atoms with E-state index in [1.807, 2.05) is 13.8 Å². The van der Waals surface area contributed by atoms with Crippen LogP contribution in [0, 0.1) is 6.92 Å². The summed E-state index contributed by atoms with van der Waals surface area (Å²) in [4.78, 5) is 31.9. The number of rotatable bonds is 6. The van der Waals surface area contributed by atoms with Crippen molar-refractivity contribution < 1.29 is 14.3 Å². The fourth-order valence-corrected chi connectivity index (χ4v) is 3.96. The number of benzene rings is 1. The van der Waals surface area contributed by atoms with Crippen molar-refractivity contribution in [2.24, 2.45) is 0 Å². The molecule has 8 heteroatoms. The van der Waals surface area contributed by atoms with Crippen molar-refractivity contribution in [1.29, 1.82) is 0 Å². The minimum Gasteiger partial charge on any atom is -0.376 e. The van der Waals surface area contributed by atoms with Crippen LogP contribution < -0.4 is 10.2 Å². The van der Waals surface area contributed by atoms with Gasteiger partial charge in [-0.2, -0.15) is 0 Å². The van der Waals surface area contributed by atoms with Gasteiger partial charge in [0, 0.05) is 28.6 Å². The van der Waals surface area contributed by atoms with Gasteiger partial charge in [0.1, 0.15) is 5.69 Å². The molecule has 1 fully saturated rings. The molecular weight excluding hydrogens is 386 g/mol. The van der Waals surface area contributed by atoms with Crippen LogP contribution in [0.2, 0.25) is 5.02 Å². The molecule has 2 heterocycles. The van der Waals surface area contributed by atoms with Gasteiger partial charge >= 0.3 is 0 Å². The van der Waals surface area contributed by atoms with Crippen molar-refractivity contribution in [2.45, 2.75) is 39.2 Å². The van der Waals surface area contributed by atoms with Crippen LogP contribution in [-0.4, -0.2) is 36.1 Å². The molecule has 1 aromatic heterocycles. The molecule has 27 heavy (non-hydrogen) atoms. The van der Waals surface area contributed by atoms with Crippen molar-refractivity contribution in [2.75, 3.05) is 23.4 Å². The Labute approximate surface area is 167 Å². The number of nitrogens with one attached hydrogen (secondary N) is 1. The summed E-state index contributed by atoms with van der Waals surface area (Å²) < 4.78 is 5.67. The second-order valence-electron chi connectivity index (χ2n) is 6.36. The summed E-state index contributed by atoms with van der Waals surface area (Å²) in [7, 11) is 0. The average molecular weight is 408 g/mol. The molecule has 144 valence electrons. The first-order valence-corrected chi connectivity index (χ1v) is 10.1. The number of hydrogen-bond donors (Lipinski definition) is 1. The van der Waals surface area contributed by atoms with Crippen LogP contribution in [0.3, 0.4) is 0 Å². The Hall–Kier alpha value is -1.96. The molecule has 1 unspecified atom stereocenters. The molecule has 2 amide bonds. The lowest BCUT2D eigenvalue weighted by Gasteiger charge is -2.22. The van der Waals surface area contributed by atoms with Crippen LogP contribution in [0.25, 0.3) is 0 Å². The molecule has 1 aliphatic rings. The highest BCUT2D eigenvalue weighted by molar-refractivity contribution is 7.16. The third kappa shape index (κ3) is 4.86. The monoisotopic (exact) mass is 407 g/mol. The van der Waals surface area contributed by atoms with Crippen molar-refractivity contribution in [3.8, 4) is 0 Å². The highest BCUT2D eigenvalue weighted by Gasteiger charge is 2.27. The van der Waals surface area contributed by atoms with Crippen molar-refractivity contribution in [3.63, 3.8) is 0 Å². The number of ether oxygens (including phenoxy) is 1. The maximum atomic E-state index is 12.6. The summed E-state index contributed by atoms with van der Waals surface area (Å²) in [5.41, 5.74) is 0.963. The number of carbonyl (C=O) groups is 2. The minimum absolute atomic E-state index is 0.0241. The zero-order valence-electron chi connectivity index (χ0n) is 15.3. The molecule has 3 rings (SSSR count). The Morgan fingerprint density at radius 2 is 2.11 bits per heavy atom. The number of halogens is 1. The van der Waals surface area contributed by atoms with Gasteiger partial charge in [0.2, 0.25) is 5.91 Å². The molecular formula is C19H22ClN3O3S. The lowest BCUT2D eigenvalue weighted by Crippen LogP contribution is -2.37. The zero-order valence-corrected chi connectivity index (χ0v) is 16.9. The number of carbonyl (C=O) groups excluding carboxylic acids is 2. The molecule has 6 nitrogen and oxygen atoms in total. The first-order chi connectivity index (χ1) is 13.0. The fraction of sp³-hybridized carbons (Fsp3) is 0.421. The lowest BCUT2D eigenvalue weighted by molar-refractivity contribution is -0.118. The first-order valence-electron chi connectivity index (χ1n) is 8.94. The number of aromatic nitrogens is 1. The van der Waals surface area contributed by atoms with Gasteiger partial charge in [-0.15, -0.1) is 11.3 Å². The smallest absolute Gasteiger partial charge is 0.275 e. The normalized spacial score (nSPS) is 16.3. The number of aryl methyl sites for hydroxylation is 1. The van der Waals surface area contributed by atoms with E-state index < -0.39 is 0 Å². The first kappa shape index (κ1) is 19.8. The van der Waals surface area contributed by atoms with Gasteiger partial charge in [-0.3, -0.25) is 14.5 Å². The predicted octanol–water partition coefficient (Wildman–Crippen LogP) is 4.28. The highest BCUT2D eigenvalue weighted by atomic mass is 35.5. The lowest BCUT2D eigenvalue weighted by atomic mass is 10.2. The molecule has 1 atom stereocenters.